The van der Waals surface area contributed by atoms with Crippen molar-refractivity contribution in [2.45, 2.75) is 38.9 Å². The normalized spacial score (nSPS) is 12.0. The standard InChI is InChI=1S/C25H26N4O2S/c1-16-10-11-20(14-17(16)2)18(3)26-23(30)15-32-25-28-27-24(22-12-13-31-19(22)4)29(25)21-8-6-5-7-9-21/h5-14,18H,15H2,1-4H3,(H,26,30). The highest BCUT2D eigenvalue weighted by Crippen LogP contribution is 2.30. The highest BCUT2D eigenvalue weighted by atomic mass is 32.2. The van der Waals surface area contributed by atoms with Crippen LogP contribution in [0.5, 0.6) is 0 Å². The van der Waals surface area contributed by atoms with E-state index in [2.05, 4.69) is 47.6 Å². The van der Waals surface area contributed by atoms with Gasteiger partial charge in [-0.3, -0.25) is 9.36 Å². The molecule has 4 rings (SSSR count). The van der Waals surface area contributed by atoms with Gasteiger partial charge in [0.1, 0.15) is 5.76 Å². The molecule has 0 bridgehead atoms. The van der Waals surface area contributed by atoms with E-state index in [1.54, 1.807) is 6.26 Å². The summed E-state index contributed by atoms with van der Waals surface area (Å²) in [6.45, 7) is 8.06. The molecule has 0 saturated heterocycles. The van der Waals surface area contributed by atoms with E-state index < -0.39 is 0 Å². The second-order valence-corrected chi connectivity index (χ2v) is 8.73. The van der Waals surface area contributed by atoms with Crippen molar-refractivity contribution in [3.8, 4) is 17.1 Å². The van der Waals surface area contributed by atoms with E-state index in [-0.39, 0.29) is 17.7 Å². The third kappa shape index (κ3) is 4.62. The number of hydrogen-bond acceptors (Lipinski definition) is 5. The molecule has 0 aliphatic carbocycles. The monoisotopic (exact) mass is 446 g/mol. The maximum absolute atomic E-state index is 12.7. The number of aryl methyl sites for hydroxylation is 3. The zero-order valence-corrected chi connectivity index (χ0v) is 19.4. The Labute approximate surface area is 192 Å². The van der Waals surface area contributed by atoms with Crippen molar-refractivity contribution in [2.75, 3.05) is 5.75 Å². The summed E-state index contributed by atoms with van der Waals surface area (Å²) < 4.78 is 7.43. The molecular weight excluding hydrogens is 420 g/mol. The third-order valence-electron chi connectivity index (χ3n) is 5.49. The fourth-order valence-electron chi connectivity index (χ4n) is 3.50. The number of nitrogens with zero attached hydrogens (tertiary/aromatic N) is 3. The maximum Gasteiger partial charge on any atom is 0.230 e. The highest BCUT2D eigenvalue weighted by molar-refractivity contribution is 7.99. The first kappa shape index (κ1) is 21.9. The quantitative estimate of drug-likeness (QED) is 0.384. The number of benzene rings is 2. The zero-order chi connectivity index (χ0) is 22.7. The van der Waals surface area contributed by atoms with Crippen molar-refractivity contribution in [3.05, 3.63) is 83.3 Å². The van der Waals surface area contributed by atoms with Gasteiger partial charge in [-0.1, -0.05) is 48.2 Å². The minimum Gasteiger partial charge on any atom is -0.469 e. The van der Waals surface area contributed by atoms with Gasteiger partial charge in [0.25, 0.3) is 0 Å². The molecular formula is C25H26N4O2S. The Kier molecular flexibility index (Phi) is 6.46. The molecule has 1 N–H and O–H groups in total. The van der Waals surface area contributed by atoms with Crippen LogP contribution in [0.25, 0.3) is 17.1 Å². The van der Waals surface area contributed by atoms with Crippen LogP contribution in [0.4, 0.5) is 0 Å². The maximum atomic E-state index is 12.7. The molecule has 0 spiro atoms. The fraction of sp³-hybridized carbons (Fsp3) is 0.240. The summed E-state index contributed by atoms with van der Waals surface area (Å²) in [4.78, 5) is 12.7. The van der Waals surface area contributed by atoms with E-state index in [1.165, 1.54) is 22.9 Å². The topological polar surface area (TPSA) is 73.0 Å². The Hall–Kier alpha value is -3.32. The largest absolute Gasteiger partial charge is 0.469 e. The van der Waals surface area contributed by atoms with E-state index in [4.69, 9.17) is 4.42 Å². The van der Waals surface area contributed by atoms with Gasteiger partial charge in [-0.15, -0.1) is 10.2 Å². The van der Waals surface area contributed by atoms with Gasteiger partial charge in [0.05, 0.1) is 23.6 Å². The molecule has 0 fully saturated rings. The minimum atomic E-state index is -0.0708. The predicted octanol–water partition coefficient (Wildman–Crippen LogP) is 5.42. The van der Waals surface area contributed by atoms with E-state index in [1.807, 2.05) is 54.8 Å². The number of rotatable bonds is 7. The zero-order valence-electron chi connectivity index (χ0n) is 18.6. The number of nitrogens with one attached hydrogen (secondary N) is 1. The number of hydrogen-bond donors (Lipinski definition) is 1. The molecule has 2 aromatic heterocycles. The average molecular weight is 447 g/mol. The Balaban J connectivity index is 1.52. The van der Waals surface area contributed by atoms with Gasteiger partial charge in [-0.2, -0.15) is 0 Å². The van der Waals surface area contributed by atoms with Gasteiger partial charge in [0.2, 0.25) is 5.91 Å². The van der Waals surface area contributed by atoms with Crippen molar-refractivity contribution < 1.29 is 9.21 Å². The molecule has 1 atom stereocenters. The third-order valence-corrected chi connectivity index (χ3v) is 6.42. The van der Waals surface area contributed by atoms with Gasteiger partial charge < -0.3 is 9.73 Å². The van der Waals surface area contributed by atoms with Gasteiger partial charge in [0.15, 0.2) is 11.0 Å². The van der Waals surface area contributed by atoms with Gasteiger partial charge >= 0.3 is 0 Å². The molecule has 0 aliphatic heterocycles. The molecule has 1 unspecified atom stereocenters. The van der Waals surface area contributed by atoms with Gasteiger partial charge in [-0.05, 0) is 62.6 Å². The molecule has 0 aliphatic rings. The molecule has 0 saturated carbocycles. The summed E-state index contributed by atoms with van der Waals surface area (Å²) in [5.74, 6) is 1.65. The molecule has 32 heavy (non-hydrogen) atoms. The van der Waals surface area contributed by atoms with Crippen LogP contribution in [-0.2, 0) is 4.79 Å². The summed E-state index contributed by atoms with van der Waals surface area (Å²) in [5.41, 5.74) is 5.36. The lowest BCUT2D eigenvalue weighted by Crippen LogP contribution is -2.28. The highest BCUT2D eigenvalue weighted by Gasteiger charge is 2.20. The second kappa shape index (κ2) is 9.44. The lowest BCUT2D eigenvalue weighted by molar-refractivity contribution is -0.119. The molecule has 6 nitrogen and oxygen atoms in total. The summed E-state index contributed by atoms with van der Waals surface area (Å²) >= 11 is 1.36. The Bertz CT molecular complexity index is 1230. The van der Waals surface area contributed by atoms with Crippen LogP contribution in [0, 0.1) is 20.8 Å². The van der Waals surface area contributed by atoms with E-state index in [9.17, 15) is 4.79 Å². The molecule has 2 aromatic carbocycles. The predicted molar refractivity (Wildman–Crippen MR) is 127 cm³/mol. The summed E-state index contributed by atoms with van der Waals surface area (Å²) in [7, 11) is 0. The first-order valence-electron chi connectivity index (χ1n) is 10.5. The van der Waals surface area contributed by atoms with Crippen LogP contribution in [-0.4, -0.2) is 26.4 Å². The number of carbonyl (C=O) groups excluding carboxylic acids is 1. The summed E-state index contributed by atoms with van der Waals surface area (Å²) in [6, 6.07) is 18.0. The van der Waals surface area contributed by atoms with E-state index >= 15 is 0 Å². The van der Waals surface area contributed by atoms with Crippen molar-refractivity contribution in [2.24, 2.45) is 0 Å². The van der Waals surface area contributed by atoms with Crippen LogP contribution < -0.4 is 5.32 Å². The van der Waals surface area contributed by atoms with Crippen molar-refractivity contribution >= 4 is 17.7 Å². The lowest BCUT2D eigenvalue weighted by Gasteiger charge is -2.16. The van der Waals surface area contributed by atoms with E-state index in [0.717, 1.165) is 22.6 Å². The van der Waals surface area contributed by atoms with Crippen molar-refractivity contribution in [3.63, 3.8) is 0 Å². The Morgan fingerprint density at radius 2 is 1.84 bits per heavy atom. The molecule has 1 amide bonds. The molecule has 0 radical (unpaired) electrons. The van der Waals surface area contributed by atoms with Crippen LogP contribution in [0.15, 0.2) is 70.4 Å². The number of para-hydroxylation sites is 1. The minimum absolute atomic E-state index is 0.0515. The SMILES string of the molecule is Cc1ccc(C(C)NC(=O)CSc2nnc(-c3ccoc3C)n2-c2ccccc2)cc1C. The van der Waals surface area contributed by atoms with Crippen molar-refractivity contribution in [1.82, 2.24) is 20.1 Å². The van der Waals surface area contributed by atoms with Crippen molar-refractivity contribution in [1.29, 1.82) is 0 Å². The lowest BCUT2D eigenvalue weighted by atomic mass is 10.0. The molecule has 7 heteroatoms. The number of carbonyl (C=O) groups is 1. The van der Waals surface area contributed by atoms with Gasteiger partial charge in [0, 0.05) is 5.69 Å². The number of aromatic nitrogens is 3. The van der Waals surface area contributed by atoms with Crippen LogP contribution >= 0.6 is 11.8 Å². The smallest absolute Gasteiger partial charge is 0.230 e. The Morgan fingerprint density at radius 1 is 1.06 bits per heavy atom. The van der Waals surface area contributed by atoms with Crippen LogP contribution in [0.2, 0.25) is 0 Å². The first-order valence-corrected chi connectivity index (χ1v) is 11.5. The fourth-order valence-corrected chi connectivity index (χ4v) is 4.26. The van der Waals surface area contributed by atoms with Gasteiger partial charge in [-0.25, -0.2) is 0 Å². The number of furan rings is 1. The average Bonchev–Trinajstić information content (AvgIpc) is 3.40. The molecule has 4 aromatic rings. The summed E-state index contributed by atoms with van der Waals surface area (Å²) in [6.07, 6.45) is 1.64. The number of thioether (sulfide) groups is 1. The Morgan fingerprint density at radius 3 is 2.53 bits per heavy atom. The number of amides is 1. The second-order valence-electron chi connectivity index (χ2n) is 7.79. The first-order chi connectivity index (χ1) is 15.4. The van der Waals surface area contributed by atoms with E-state index in [0.29, 0.717) is 11.0 Å². The van der Waals surface area contributed by atoms with Crippen LogP contribution in [0.1, 0.15) is 35.4 Å². The molecule has 164 valence electrons. The van der Waals surface area contributed by atoms with Crippen LogP contribution in [0.3, 0.4) is 0 Å². The molecule has 2 heterocycles. The summed E-state index contributed by atoms with van der Waals surface area (Å²) in [5, 5.41) is 12.5.